The lowest BCUT2D eigenvalue weighted by atomic mass is 9.91. The van der Waals surface area contributed by atoms with E-state index in [9.17, 15) is 9.90 Å². The third-order valence-electron chi connectivity index (χ3n) is 6.07. The van der Waals surface area contributed by atoms with Crippen LogP contribution in [0.2, 0.25) is 0 Å². The monoisotopic (exact) mass is 493 g/mol. The van der Waals surface area contributed by atoms with Crippen molar-refractivity contribution >= 4 is 30.4 Å². The van der Waals surface area contributed by atoms with Gasteiger partial charge in [0.1, 0.15) is 6.04 Å². The number of aliphatic carboxylic acids is 1. The molecule has 0 fully saturated rings. The number of guanidine groups is 1. The van der Waals surface area contributed by atoms with Gasteiger partial charge in [0.25, 0.3) is 0 Å². The van der Waals surface area contributed by atoms with Crippen LogP contribution in [0.1, 0.15) is 99.3 Å². The Morgan fingerprint density at radius 2 is 1.62 bits per heavy atom. The Balaban J connectivity index is 4.08. The van der Waals surface area contributed by atoms with Gasteiger partial charge in [-0.05, 0) is 51.2 Å². The Morgan fingerprint density at radius 3 is 2.15 bits per heavy atom. The normalized spacial score (nSPS) is 15.5. The molecule has 0 aromatic heterocycles. The molecule has 0 aromatic carbocycles. The van der Waals surface area contributed by atoms with Crippen LogP contribution < -0.4 is 5.32 Å². The fourth-order valence-electron chi connectivity index (χ4n) is 3.80. The summed E-state index contributed by atoms with van der Waals surface area (Å²) in [6.07, 6.45) is 17.4. The number of hydrogen-bond acceptors (Lipinski definition) is 3. The first-order valence-corrected chi connectivity index (χ1v) is 14.2. The molecule has 0 bridgehead atoms. The fraction of sp³-hybridized carbons (Fsp3) is 0.750. The Kier molecular flexibility index (Phi) is 19.8. The van der Waals surface area contributed by atoms with Gasteiger partial charge in [-0.1, -0.05) is 90.4 Å². The van der Waals surface area contributed by atoms with Crippen molar-refractivity contribution in [3.63, 3.8) is 0 Å². The number of thioether (sulfide) groups is 1. The van der Waals surface area contributed by atoms with E-state index in [2.05, 4.69) is 62.7 Å². The van der Waals surface area contributed by atoms with Crippen molar-refractivity contribution in [2.24, 2.45) is 27.7 Å². The maximum atomic E-state index is 11.5. The summed E-state index contributed by atoms with van der Waals surface area (Å²) >= 11 is 1.60. The van der Waals surface area contributed by atoms with E-state index in [0.29, 0.717) is 5.75 Å². The number of aliphatic imine (C=N–C) groups is 2. The SMILES string of the molecule is C=N/C(=N\C=C/C)NC(CSC/C=C(\C)CCCC(C)CCCC(C)CCCC(C)C)C(=O)O. The van der Waals surface area contributed by atoms with E-state index in [1.54, 1.807) is 24.0 Å². The van der Waals surface area contributed by atoms with E-state index in [-0.39, 0.29) is 5.96 Å². The first-order chi connectivity index (χ1) is 16.2. The summed E-state index contributed by atoms with van der Waals surface area (Å²) in [5.41, 5.74) is 1.39. The number of nitrogens with zero attached hydrogens (tertiary/aromatic N) is 2. The average molecular weight is 494 g/mol. The number of carboxylic acid groups (broad SMARTS) is 1. The first kappa shape index (κ1) is 32.4. The lowest BCUT2D eigenvalue weighted by molar-refractivity contribution is -0.138. The molecule has 196 valence electrons. The Bertz CT molecular complexity index is 644. The fourth-order valence-corrected chi connectivity index (χ4v) is 4.80. The molecule has 0 aliphatic rings. The van der Waals surface area contributed by atoms with Crippen LogP contribution in [0.5, 0.6) is 0 Å². The maximum absolute atomic E-state index is 11.5. The zero-order valence-electron chi connectivity index (χ0n) is 22.7. The van der Waals surface area contributed by atoms with E-state index in [4.69, 9.17) is 0 Å². The third kappa shape index (κ3) is 18.8. The van der Waals surface area contributed by atoms with Gasteiger partial charge >= 0.3 is 5.97 Å². The predicted octanol–water partition coefficient (Wildman–Crippen LogP) is 7.74. The maximum Gasteiger partial charge on any atom is 0.327 e. The molecule has 6 heteroatoms. The molecule has 3 unspecified atom stereocenters. The predicted molar refractivity (Wildman–Crippen MR) is 152 cm³/mol. The minimum absolute atomic E-state index is 0.229. The summed E-state index contributed by atoms with van der Waals surface area (Å²) < 4.78 is 0. The zero-order chi connectivity index (χ0) is 25.8. The molecule has 0 radical (unpaired) electrons. The number of carbonyl (C=O) groups is 1. The standard InChI is InChI=1S/C28H51N3O2S/c1-8-19-30-28(29-7)31-26(27(32)33)21-34-20-18-25(6)17-11-16-24(5)15-10-14-23(4)13-9-12-22(2)3/h8,18-19,22-24,26H,7,9-17,20-21H2,1-6H3,(H,30,31)(H,32,33)/b19-8-,25-18+. The van der Waals surface area contributed by atoms with Gasteiger partial charge in [-0.3, -0.25) is 0 Å². The Labute approximate surface area is 214 Å². The van der Waals surface area contributed by atoms with Gasteiger partial charge < -0.3 is 10.4 Å². The van der Waals surface area contributed by atoms with Crippen LogP contribution in [0.4, 0.5) is 0 Å². The van der Waals surface area contributed by atoms with Gasteiger partial charge in [-0.2, -0.15) is 11.8 Å². The van der Waals surface area contributed by atoms with Crippen LogP contribution in [-0.4, -0.2) is 41.3 Å². The summed E-state index contributed by atoms with van der Waals surface area (Å²) in [5, 5.41) is 12.3. The molecule has 0 spiro atoms. The summed E-state index contributed by atoms with van der Waals surface area (Å²) in [5.74, 6) is 3.06. The third-order valence-corrected chi connectivity index (χ3v) is 7.04. The van der Waals surface area contributed by atoms with Crippen molar-refractivity contribution in [3.05, 3.63) is 23.9 Å². The second-order valence-corrected chi connectivity index (χ2v) is 11.1. The van der Waals surface area contributed by atoms with Crippen molar-refractivity contribution in [3.8, 4) is 0 Å². The topological polar surface area (TPSA) is 74.0 Å². The highest BCUT2D eigenvalue weighted by atomic mass is 32.2. The van der Waals surface area contributed by atoms with Crippen molar-refractivity contribution in [2.45, 2.75) is 105 Å². The molecule has 0 saturated carbocycles. The van der Waals surface area contributed by atoms with Crippen molar-refractivity contribution < 1.29 is 9.90 Å². The summed E-state index contributed by atoms with van der Waals surface area (Å²) in [4.78, 5) is 19.3. The highest BCUT2D eigenvalue weighted by Crippen LogP contribution is 2.22. The number of hydrogen-bond donors (Lipinski definition) is 2. The lowest BCUT2D eigenvalue weighted by Crippen LogP contribution is -2.41. The van der Waals surface area contributed by atoms with Gasteiger partial charge in [-0.15, -0.1) is 0 Å². The van der Waals surface area contributed by atoms with Crippen LogP contribution in [0.15, 0.2) is 33.9 Å². The van der Waals surface area contributed by atoms with Crippen LogP contribution >= 0.6 is 11.8 Å². The first-order valence-electron chi connectivity index (χ1n) is 13.1. The van der Waals surface area contributed by atoms with E-state index >= 15 is 0 Å². The molecule has 0 heterocycles. The second kappa shape index (κ2) is 20.8. The van der Waals surface area contributed by atoms with Crippen LogP contribution in [0, 0.1) is 17.8 Å². The van der Waals surface area contributed by atoms with Gasteiger partial charge in [-0.25, -0.2) is 14.8 Å². The molecule has 2 N–H and O–H groups in total. The molecule has 34 heavy (non-hydrogen) atoms. The number of rotatable bonds is 19. The lowest BCUT2D eigenvalue weighted by Gasteiger charge is -2.15. The molecule has 0 saturated heterocycles. The van der Waals surface area contributed by atoms with E-state index in [1.807, 2.05) is 6.92 Å². The quantitative estimate of drug-likeness (QED) is 0.0835. The number of nitrogens with one attached hydrogen (secondary N) is 1. The van der Waals surface area contributed by atoms with E-state index < -0.39 is 12.0 Å². The van der Waals surface area contributed by atoms with Crippen LogP contribution in [0.25, 0.3) is 0 Å². The molecule has 0 aromatic rings. The largest absolute Gasteiger partial charge is 0.480 e. The summed E-state index contributed by atoms with van der Waals surface area (Å²) in [6.45, 7) is 16.9. The van der Waals surface area contributed by atoms with Crippen molar-refractivity contribution in [1.29, 1.82) is 0 Å². The van der Waals surface area contributed by atoms with E-state index in [0.717, 1.165) is 29.9 Å². The Hall–Kier alpha value is -1.56. The van der Waals surface area contributed by atoms with Crippen molar-refractivity contribution in [1.82, 2.24) is 5.32 Å². The molecular formula is C28H51N3O2S. The molecule has 0 aliphatic heterocycles. The van der Waals surface area contributed by atoms with Gasteiger partial charge in [0.2, 0.25) is 5.96 Å². The smallest absolute Gasteiger partial charge is 0.327 e. The minimum Gasteiger partial charge on any atom is -0.480 e. The molecule has 5 nitrogen and oxygen atoms in total. The van der Waals surface area contributed by atoms with Gasteiger partial charge in [0.05, 0.1) is 0 Å². The highest BCUT2D eigenvalue weighted by molar-refractivity contribution is 7.99. The molecule has 3 atom stereocenters. The molecule has 0 amide bonds. The van der Waals surface area contributed by atoms with Crippen LogP contribution in [-0.2, 0) is 4.79 Å². The highest BCUT2D eigenvalue weighted by Gasteiger charge is 2.18. The Morgan fingerprint density at radius 1 is 1.03 bits per heavy atom. The summed E-state index contributed by atoms with van der Waals surface area (Å²) in [6, 6.07) is -0.744. The average Bonchev–Trinajstić information content (AvgIpc) is 2.77. The number of carboxylic acids is 1. The molecule has 0 rings (SSSR count). The zero-order valence-corrected chi connectivity index (χ0v) is 23.5. The van der Waals surface area contributed by atoms with Crippen molar-refractivity contribution in [2.75, 3.05) is 11.5 Å². The summed E-state index contributed by atoms with van der Waals surface area (Å²) in [7, 11) is 0. The second-order valence-electron chi connectivity index (χ2n) is 10.1. The number of allylic oxidation sites excluding steroid dienone is 2. The molecular weight excluding hydrogens is 442 g/mol. The van der Waals surface area contributed by atoms with Gasteiger partial charge in [0.15, 0.2) is 0 Å². The van der Waals surface area contributed by atoms with Crippen LogP contribution in [0.3, 0.4) is 0 Å². The minimum atomic E-state index is -0.913. The van der Waals surface area contributed by atoms with Gasteiger partial charge in [0, 0.05) is 17.7 Å². The van der Waals surface area contributed by atoms with E-state index in [1.165, 1.54) is 56.9 Å². The molecule has 0 aliphatic carbocycles.